The third kappa shape index (κ3) is 4.78. The molecule has 0 saturated carbocycles. The van der Waals surface area contributed by atoms with Crippen LogP contribution in [-0.4, -0.2) is 47.2 Å². The van der Waals surface area contributed by atoms with E-state index in [0.29, 0.717) is 29.6 Å². The van der Waals surface area contributed by atoms with Gasteiger partial charge in [0.1, 0.15) is 11.8 Å². The van der Waals surface area contributed by atoms with Crippen molar-refractivity contribution >= 4 is 38.5 Å². The van der Waals surface area contributed by atoms with Crippen LogP contribution < -0.4 is 15.8 Å². The maximum Gasteiger partial charge on any atom is 0.573 e. The number of fused-ring (bicyclic) bond motifs is 1. The lowest BCUT2D eigenvalue weighted by molar-refractivity contribution is -0.274. The zero-order valence-corrected chi connectivity index (χ0v) is 16.7. The standard InChI is InChI=1S/C18H21F3N4O3S/c1-17(2,9-22)15(27)25-7-3-4-12(25)14(26)24-16-23-11-6-5-10(8-13(11)29-16)28-18(19,20)21/h5-6,8,12H,3-4,7,9,22H2,1-2H3,(H,23,24,26)/t12-/m1/s1. The first-order valence-corrected chi connectivity index (χ1v) is 9.80. The minimum absolute atomic E-state index is 0.164. The van der Waals surface area contributed by atoms with Gasteiger partial charge in [-0.2, -0.15) is 0 Å². The van der Waals surface area contributed by atoms with Crippen LogP contribution in [-0.2, 0) is 9.59 Å². The van der Waals surface area contributed by atoms with E-state index < -0.39 is 17.8 Å². The first-order valence-electron chi connectivity index (χ1n) is 8.98. The number of nitrogens with two attached hydrogens (primary N) is 1. The zero-order valence-electron chi connectivity index (χ0n) is 15.9. The van der Waals surface area contributed by atoms with Crippen molar-refractivity contribution in [3.05, 3.63) is 18.2 Å². The van der Waals surface area contributed by atoms with Crippen LogP contribution >= 0.6 is 11.3 Å². The fourth-order valence-electron chi connectivity index (χ4n) is 3.10. The summed E-state index contributed by atoms with van der Waals surface area (Å²) < 4.78 is 41.5. The Hall–Kier alpha value is -2.40. The summed E-state index contributed by atoms with van der Waals surface area (Å²) in [5, 5.41) is 2.92. The zero-order chi connectivity index (χ0) is 21.4. The average Bonchev–Trinajstić information content (AvgIpc) is 3.25. The van der Waals surface area contributed by atoms with Crippen LogP contribution in [0.15, 0.2) is 18.2 Å². The third-order valence-corrected chi connectivity index (χ3v) is 5.66. The van der Waals surface area contributed by atoms with Crippen molar-refractivity contribution in [3.63, 3.8) is 0 Å². The Morgan fingerprint density at radius 3 is 2.76 bits per heavy atom. The number of alkyl halides is 3. The molecule has 7 nitrogen and oxygen atoms in total. The molecule has 3 N–H and O–H groups in total. The SMILES string of the molecule is CC(C)(CN)C(=O)N1CCC[C@@H]1C(=O)Nc1nc2ccc(OC(F)(F)F)cc2s1. The minimum Gasteiger partial charge on any atom is -0.406 e. The maximum atomic E-state index is 12.7. The van der Waals surface area contributed by atoms with Gasteiger partial charge in [0.2, 0.25) is 11.8 Å². The molecule has 11 heteroatoms. The summed E-state index contributed by atoms with van der Waals surface area (Å²) in [5.41, 5.74) is 5.34. The highest BCUT2D eigenvalue weighted by atomic mass is 32.1. The first kappa shape index (κ1) is 21.3. The van der Waals surface area contributed by atoms with Gasteiger partial charge in [-0.25, -0.2) is 4.98 Å². The Morgan fingerprint density at radius 1 is 1.38 bits per heavy atom. The molecular formula is C18H21F3N4O3S. The Morgan fingerprint density at radius 2 is 2.10 bits per heavy atom. The van der Waals surface area contributed by atoms with E-state index in [-0.39, 0.29) is 29.2 Å². The summed E-state index contributed by atoms with van der Waals surface area (Å²) in [6.45, 7) is 4.10. The summed E-state index contributed by atoms with van der Waals surface area (Å²) in [7, 11) is 0. The fourth-order valence-corrected chi connectivity index (χ4v) is 4.00. The van der Waals surface area contributed by atoms with E-state index in [1.807, 2.05) is 0 Å². The number of rotatable bonds is 5. The Labute approximate surface area is 169 Å². The predicted octanol–water partition coefficient (Wildman–Crippen LogP) is 3.11. The molecule has 0 unspecified atom stereocenters. The number of nitrogens with one attached hydrogen (secondary N) is 1. The monoisotopic (exact) mass is 430 g/mol. The molecule has 1 aromatic heterocycles. The molecule has 1 saturated heterocycles. The number of carbonyl (C=O) groups is 2. The van der Waals surface area contributed by atoms with Gasteiger partial charge in [-0.1, -0.05) is 11.3 Å². The number of thiazole rings is 1. The summed E-state index contributed by atoms with van der Waals surface area (Å²) >= 11 is 1.03. The molecule has 1 aliphatic rings. The van der Waals surface area contributed by atoms with Gasteiger partial charge in [0.15, 0.2) is 5.13 Å². The molecule has 29 heavy (non-hydrogen) atoms. The number of hydrogen-bond acceptors (Lipinski definition) is 6. The molecule has 0 aliphatic carbocycles. The molecule has 1 aromatic carbocycles. The molecule has 3 rings (SSSR count). The smallest absolute Gasteiger partial charge is 0.406 e. The van der Waals surface area contributed by atoms with E-state index in [0.717, 1.165) is 17.4 Å². The lowest BCUT2D eigenvalue weighted by Crippen LogP contribution is -2.50. The number of halogens is 3. The number of aromatic nitrogens is 1. The van der Waals surface area contributed by atoms with Crippen molar-refractivity contribution in [2.45, 2.75) is 39.1 Å². The summed E-state index contributed by atoms with van der Waals surface area (Å²) in [5.74, 6) is -0.923. The van der Waals surface area contributed by atoms with Crippen molar-refractivity contribution < 1.29 is 27.5 Å². The summed E-state index contributed by atoms with van der Waals surface area (Å²) in [4.78, 5) is 31.2. The number of nitrogens with zero attached hydrogens (tertiary/aromatic N) is 2. The van der Waals surface area contributed by atoms with Gasteiger partial charge in [-0.05, 0) is 38.8 Å². The van der Waals surface area contributed by atoms with Crippen LogP contribution in [0.4, 0.5) is 18.3 Å². The number of likely N-dealkylation sites (tertiary alicyclic amines) is 1. The fraction of sp³-hybridized carbons (Fsp3) is 0.500. The molecule has 0 radical (unpaired) electrons. The summed E-state index contributed by atoms with van der Waals surface area (Å²) in [6, 6.07) is 3.13. The van der Waals surface area contributed by atoms with Gasteiger partial charge in [-0.3, -0.25) is 9.59 Å². The van der Waals surface area contributed by atoms with Gasteiger partial charge in [0, 0.05) is 19.2 Å². The Kier molecular flexibility index (Phi) is 5.72. The summed E-state index contributed by atoms with van der Waals surface area (Å²) in [6.07, 6.45) is -3.57. The topological polar surface area (TPSA) is 97.6 Å². The molecule has 2 aromatic rings. The quantitative estimate of drug-likeness (QED) is 0.760. The van der Waals surface area contributed by atoms with Crippen LogP contribution in [0.25, 0.3) is 10.2 Å². The maximum absolute atomic E-state index is 12.7. The lowest BCUT2D eigenvalue weighted by atomic mass is 9.91. The normalized spacial score (nSPS) is 17.6. The molecule has 2 heterocycles. The van der Waals surface area contributed by atoms with Crippen LogP contribution in [0.1, 0.15) is 26.7 Å². The molecule has 1 aliphatic heterocycles. The first-order chi connectivity index (χ1) is 13.5. The number of ether oxygens (including phenoxy) is 1. The van der Waals surface area contributed by atoms with E-state index in [4.69, 9.17) is 5.73 Å². The largest absolute Gasteiger partial charge is 0.573 e. The molecule has 0 spiro atoms. The van der Waals surface area contributed by atoms with E-state index in [1.54, 1.807) is 13.8 Å². The van der Waals surface area contributed by atoms with E-state index >= 15 is 0 Å². The van der Waals surface area contributed by atoms with Crippen molar-refractivity contribution in [2.75, 3.05) is 18.4 Å². The number of amides is 2. The highest BCUT2D eigenvalue weighted by Crippen LogP contribution is 2.32. The van der Waals surface area contributed by atoms with Crippen molar-refractivity contribution in [1.82, 2.24) is 9.88 Å². The van der Waals surface area contributed by atoms with Gasteiger partial charge in [0.05, 0.1) is 15.6 Å². The van der Waals surface area contributed by atoms with Crippen molar-refractivity contribution in [1.29, 1.82) is 0 Å². The van der Waals surface area contributed by atoms with Crippen LogP contribution in [0.2, 0.25) is 0 Å². The van der Waals surface area contributed by atoms with E-state index in [2.05, 4.69) is 15.0 Å². The van der Waals surface area contributed by atoms with E-state index in [1.165, 1.54) is 17.0 Å². The van der Waals surface area contributed by atoms with E-state index in [9.17, 15) is 22.8 Å². The van der Waals surface area contributed by atoms with Gasteiger partial charge in [-0.15, -0.1) is 13.2 Å². The lowest BCUT2D eigenvalue weighted by Gasteiger charge is -2.31. The molecule has 2 amide bonds. The van der Waals surface area contributed by atoms with Crippen molar-refractivity contribution in [2.24, 2.45) is 11.1 Å². The molecule has 0 bridgehead atoms. The molecular weight excluding hydrogens is 409 g/mol. The highest BCUT2D eigenvalue weighted by Gasteiger charge is 2.40. The van der Waals surface area contributed by atoms with Crippen molar-refractivity contribution in [3.8, 4) is 5.75 Å². The second kappa shape index (κ2) is 7.79. The van der Waals surface area contributed by atoms with Gasteiger partial charge < -0.3 is 20.7 Å². The highest BCUT2D eigenvalue weighted by molar-refractivity contribution is 7.22. The predicted molar refractivity (Wildman–Crippen MR) is 103 cm³/mol. The molecule has 1 fully saturated rings. The second-order valence-corrected chi connectivity index (χ2v) is 8.46. The van der Waals surface area contributed by atoms with Gasteiger partial charge in [0.25, 0.3) is 0 Å². The third-order valence-electron chi connectivity index (χ3n) is 4.73. The Bertz CT molecular complexity index is 929. The minimum atomic E-state index is -4.79. The van der Waals surface area contributed by atoms with Crippen LogP contribution in [0, 0.1) is 5.41 Å². The molecule has 158 valence electrons. The van der Waals surface area contributed by atoms with Crippen LogP contribution in [0.5, 0.6) is 5.75 Å². The molecule has 1 atom stereocenters. The number of benzene rings is 1. The number of hydrogen-bond donors (Lipinski definition) is 2. The number of carbonyl (C=O) groups excluding carboxylic acids is 2. The Balaban J connectivity index is 1.74. The average molecular weight is 430 g/mol. The second-order valence-electron chi connectivity index (χ2n) is 7.43. The number of anilines is 1. The van der Waals surface area contributed by atoms with Crippen LogP contribution in [0.3, 0.4) is 0 Å². The van der Waals surface area contributed by atoms with Gasteiger partial charge >= 0.3 is 6.36 Å².